The molecule has 0 fully saturated rings. The molecule has 0 bridgehead atoms. The van der Waals surface area contributed by atoms with E-state index < -0.39 is 4.92 Å². The summed E-state index contributed by atoms with van der Waals surface area (Å²) in [6.07, 6.45) is 1.88. The van der Waals surface area contributed by atoms with E-state index in [1.807, 2.05) is 18.4 Å². The summed E-state index contributed by atoms with van der Waals surface area (Å²) in [7, 11) is 0. The number of nitrogens with two attached hydrogens (primary N) is 1. The molecule has 0 saturated heterocycles. The zero-order valence-corrected chi connectivity index (χ0v) is 12.2. The Kier molecular flexibility index (Phi) is 4.55. The number of nitrogens with one attached hydrogen (secondary N) is 1. The Morgan fingerprint density at radius 3 is 2.71 bits per heavy atom. The Morgan fingerprint density at radius 1 is 1.38 bits per heavy atom. The van der Waals surface area contributed by atoms with E-state index in [4.69, 9.17) is 10.6 Å². The Balaban J connectivity index is 2.52. The molecule has 1 aromatic carbocycles. The molecule has 110 valence electrons. The Morgan fingerprint density at radius 2 is 2.10 bits per heavy atom. The maximum absolute atomic E-state index is 11.2. The monoisotopic (exact) mass is 307 g/mol. The smallest absolute Gasteiger partial charge is 0.352 e. The summed E-state index contributed by atoms with van der Waals surface area (Å²) < 4.78 is 5.61. The van der Waals surface area contributed by atoms with Crippen molar-refractivity contribution in [3.63, 3.8) is 0 Å². The number of nitrogen functional groups attached to an aromatic ring is 1. The van der Waals surface area contributed by atoms with Gasteiger partial charge in [-0.2, -0.15) is 4.98 Å². The molecule has 21 heavy (non-hydrogen) atoms. The zero-order chi connectivity index (χ0) is 15.4. The number of aryl methyl sites for hydroxylation is 1. The maximum atomic E-state index is 11.2. The van der Waals surface area contributed by atoms with E-state index in [0.29, 0.717) is 5.75 Å². The van der Waals surface area contributed by atoms with Gasteiger partial charge in [-0.3, -0.25) is 15.5 Å². The van der Waals surface area contributed by atoms with Crippen molar-refractivity contribution in [1.29, 1.82) is 0 Å². The average molecular weight is 307 g/mol. The third-order valence-corrected chi connectivity index (χ3v) is 3.39. The van der Waals surface area contributed by atoms with Gasteiger partial charge in [0.2, 0.25) is 5.95 Å². The van der Waals surface area contributed by atoms with Crippen LogP contribution in [0, 0.1) is 17.0 Å². The van der Waals surface area contributed by atoms with Crippen molar-refractivity contribution in [1.82, 2.24) is 9.97 Å². The maximum Gasteiger partial charge on any atom is 0.352 e. The highest BCUT2D eigenvalue weighted by atomic mass is 32.2. The van der Waals surface area contributed by atoms with Crippen molar-refractivity contribution < 1.29 is 9.66 Å². The minimum atomic E-state index is -0.577. The highest BCUT2D eigenvalue weighted by molar-refractivity contribution is 7.98. The van der Waals surface area contributed by atoms with Crippen molar-refractivity contribution in [2.45, 2.75) is 11.8 Å². The standard InChI is InChI=1S/C12H13N5O3S/c1-7-10(17(18)19)11(15-12(14-7)16-13)20-8-5-3-4-6-9(8)21-2/h3-6H,13H2,1-2H3,(H,14,15,16). The minimum Gasteiger partial charge on any atom is -0.432 e. The zero-order valence-electron chi connectivity index (χ0n) is 11.4. The SMILES string of the molecule is CSc1ccccc1Oc1nc(NN)nc(C)c1[N+](=O)[O-]. The van der Waals surface area contributed by atoms with E-state index in [-0.39, 0.29) is 23.2 Å². The largest absolute Gasteiger partial charge is 0.432 e. The number of nitro groups is 1. The first kappa shape index (κ1) is 15.0. The lowest BCUT2D eigenvalue weighted by atomic mass is 10.3. The van der Waals surface area contributed by atoms with Gasteiger partial charge < -0.3 is 4.74 Å². The second-order valence-corrected chi connectivity index (χ2v) is 4.79. The van der Waals surface area contributed by atoms with Gasteiger partial charge in [-0.15, -0.1) is 11.8 Å². The molecule has 2 rings (SSSR count). The summed E-state index contributed by atoms with van der Waals surface area (Å²) in [6, 6.07) is 7.19. The summed E-state index contributed by atoms with van der Waals surface area (Å²) in [5.41, 5.74) is 2.14. The molecule has 0 aliphatic heterocycles. The van der Waals surface area contributed by atoms with E-state index >= 15 is 0 Å². The number of para-hydroxylation sites is 1. The van der Waals surface area contributed by atoms with Gasteiger partial charge in [0.05, 0.1) is 4.92 Å². The summed E-state index contributed by atoms with van der Waals surface area (Å²) >= 11 is 1.46. The van der Waals surface area contributed by atoms with Crippen molar-refractivity contribution in [2.24, 2.45) is 5.84 Å². The number of aromatic nitrogens is 2. The summed E-state index contributed by atoms with van der Waals surface area (Å²) in [4.78, 5) is 19.2. The van der Waals surface area contributed by atoms with Crippen LogP contribution in [0.5, 0.6) is 11.6 Å². The quantitative estimate of drug-likeness (QED) is 0.374. The third kappa shape index (κ3) is 3.20. The molecule has 0 amide bonds. The number of thioether (sulfide) groups is 1. The van der Waals surface area contributed by atoms with E-state index in [1.54, 1.807) is 12.1 Å². The second-order valence-electron chi connectivity index (χ2n) is 3.94. The van der Waals surface area contributed by atoms with Crippen LogP contribution in [-0.4, -0.2) is 21.1 Å². The number of nitrogens with zero attached hydrogens (tertiary/aromatic N) is 3. The van der Waals surface area contributed by atoms with Crippen LogP contribution in [0.4, 0.5) is 11.6 Å². The predicted octanol–water partition coefficient (Wildman–Crippen LogP) is 2.49. The molecule has 1 aromatic heterocycles. The van der Waals surface area contributed by atoms with Gasteiger partial charge in [0.15, 0.2) is 0 Å². The number of hydrogen-bond donors (Lipinski definition) is 2. The van der Waals surface area contributed by atoms with Gasteiger partial charge in [-0.25, -0.2) is 10.8 Å². The lowest BCUT2D eigenvalue weighted by Gasteiger charge is -2.10. The van der Waals surface area contributed by atoms with Gasteiger partial charge in [0.1, 0.15) is 11.4 Å². The lowest BCUT2D eigenvalue weighted by molar-refractivity contribution is -0.386. The first-order chi connectivity index (χ1) is 10.1. The molecule has 1 heterocycles. The van der Waals surface area contributed by atoms with Crippen LogP contribution in [0.1, 0.15) is 5.69 Å². The number of rotatable bonds is 5. The fourth-order valence-corrected chi connectivity index (χ4v) is 2.22. The number of hydrazine groups is 1. The van der Waals surface area contributed by atoms with E-state index in [9.17, 15) is 10.1 Å². The van der Waals surface area contributed by atoms with Gasteiger partial charge in [-0.1, -0.05) is 12.1 Å². The topological polar surface area (TPSA) is 116 Å². The van der Waals surface area contributed by atoms with Crippen molar-refractivity contribution in [3.05, 3.63) is 40.1 Å². The summed E-state index contributed by atoms with van der Waals surface area (Å²) in [5.74, 6) is 5.64. The first-order valence-electron chi connectivity index (χ1n) is 5.87. The molecule has 0 unspecified atom stereocenters. The van der Waals surface area contributed by atoms with Crippen molar-refractivity contribution in [3.8, 4) is 11.6 Å². The number of hydrogen-bond acceptors (Lipinski definition) is 8. The molecule has 0 aliphatic rings. The van der Waals surface area contributed by atoms with Crippen molar-refractivity contribution in [2.75, 3.05) is 11.7 Å². The molecule has 0 radical (unpaired) electrons. The van der Waals surface area contributed by atoms with Gasteiger partial charge in [0.25, 0.3) is 0 Å². The molecule has 0 saturated carbocycles. The minimum absolute atomic E-state index is 0.0507. The Hall–Kier alpha value is -2.39. The second kappa shape index (κ2) is 6.37. The molecule has 8 nitrogen and oxygen atoms in total. The number of anilines is 1. The van der Waals surface area contributed by atoms with E-state index in [2.05, 4.69) is 15.4 Å². The normalized spacial score (nSPS) is 10.2. The van der Waals surface area contributed by atoms with Crippen LogP contribution < -0.4 is 16.0 Å². The Bertz CT molecular complexity index is 680. The van der Waals surface area contributed by atoms with Crippen LogP contribution >= 0.6 is 11.8 Å². The molecular weight excluding hydrogens is 294 g/mol. The third-order valence-electron chi connectivity index (χ3n) is 2.61. The van der Waals surface area contributed by atoms with Crippen LogP contribution in [-0.2, 0) is 0 Å². The first-order valence-corrected chi connectivity index (χ1v) is 7.09. The van der Waals surface area contributed by atoms with E-state index in [1.165, 1.54) is 18.7 Å². The molecule has 9 heteroatoms. The highest BCUT2D eigenvalue weighted by Crippen LogP contribution is 2.36. The molecular formula is C12H13N5O3S. The van der Waals surface area contributed by atoms with Crippen molar-refractivity contribution >= 4 is 23.4 Å². The van der Waals surface area contributed by atoms with E-state index in [0.717, 1.165) is 4.90 Å². The van der Waals surface area contributed by atoms with Crippen LogP contribution in [0.25, 0.3) is 0 Å². The number of benzene rings is 1. The van der Waals surface area contributed by atoms with Gasteiger partial charge in [-0.05, 0) is 25.3 Å². The molecule has 0 atom stereocenters. The average Bonchev–Trinajstić information content (AvgIpc) is 2.46. The molecule has 0 aliphatic carbocycles. The molecule has 3 N–H and O–H groups in total. The van der Waals surface area contributed by atoms with Crippen LogP contribution in [0.3, 0.4) is 0 Å². The highest BCUT2D eigenvalue weighted by Gasteiger charge is 2.24. The van der Waals surface area contributed by atoms with Gasteiger partial charge in [0, 0.05) is 4.90 Å². The number of ether oxygens (including phenoxy) is 1. The fourth-order valence-electron chi connectivity index (χ4n) is 1.69. The van der Waals surface area contributed by atoms with Crippen LogP contribution in [0.2, 0.25) is 0 Å². The molecule has 0 spiro atoms. The fraction of sp³-hybridized carbons (Fsp3) is 0.167. The van der Waals surface area contributed by atoms with Gasteiger partial charge >= 0.3 is 11.6 Å². The Labute approximate surface area is 124 Å². The van der Waals surface area contributed by atoms with Crippen LogP contribution in [0.15, 0.2) is 29.2 Å². The summed E-state index contributed by atoms with van der Waals surface area (Å²) in [6.45, 7) is 1.49. The lowest BCUT2D eigenvalue weighted by Crippen LogP contribution is -2.12. The summed E-state index contributed by atoms with van der Waals surface area (Å²) in [5, 5.41) is 11.2. The predicted molar refractivity (Wildman–Crippen MR) is 79.5 cm³/mol. The molecule has 2 aromatic rings.